The van der Waals surface area contributed by atoms with Crippen molar-refractivity contribution in [1.29, 1.82) is 0 Å². The number of sulfonamides is 1. The summed E-state index contributed by atoms with van der Waals surface area (Å²) in [4.78, 5) is 30.4. The number of amides is 1. The van der Waals surface area contributed by atoms with Gasteiger partial charge in [0.2, 0.25) is 5.88 Å². The van der Waals surface area contributed by atoms with Crippen LogP contribution in [0.2, 0.25) is 5.02 Å². The van der Waals surface area contributed by atoms with Crippen LogP contribution in [-0.4, -0.2) is 43.4 Å². The number of carbonyl (C=O) groups excluding carboxylic acids is 1. The zero-order chi connectivity index (χ0) is 24.2. The Morgan fingerprint density at radius 2 is 1.76 bits per heavy atom. The van der Waals surface area contributed by atoms with Gasteiger partial charge in [0.15, 0.2) is 5.82 Å². The fourth-order valence-electron chi connectivity index (χ4n) is 2.57. The molecule has 3 aromatic rings. The quantitative estimate of drug-likeness (QED) is 0.354. The first-order valence-corrected chi connectivity index (χ1v) is 10.8. The average Bonchev–Trinajstić information content (AvgIpc) is 2.78. The average molecular weight is 494 g/mol. The van der Waals surface area contributed by atoms with Gasteiger partial charge in [0.05, 0.1) is 34.6 Å². The van der Waals surface area contributed by atoms with Crippen LogP contribution in [0.4, 0.5) is 17.2 Å². The number of halogens is 1. The number of rotatable bonds is 8. The molecule has 0 aliphatic heterocycles. The van der Waals surface area contributed by atoms with Crippen molar-refractivity contribution < 1.29 is 27.6 Å². The van der Waals surface area contributed by atoms with Gasteiger partial charge < -0.3 is 14.8 Å². The molecule has 1 heterocycles. The van der Waals surface area contributed by atoms with Crippen molar-refractivity contribution in [3.05, 3.63) is 69.2 Å². The van der Waals surface area contributed by atoms with Crippen LogP contribution in [0.15, 0.2) is 53.4 Å². The molecule has 0 spiro atoms. The molecule has 0 radical (unpaired) electrons. The summed E-state index contributed by atoms with van der Waals surface area (Å²) in [7, 11) is -1.37. The Labute approximate surface area is 192 Å². The van der Waals surface area contributed by atoms with Crippen LogP contribution in [0.25, 0.3) is 0 Å². The minimum Gasteiger partial charge on any atom is -0.481 e. The molecule has 33 heavy (non-hydrogen) atoms. The minimum atomic E-state index is -4.04. The van der Waals surface area contributed by atoms with Crippen molar-refractivity contribution in [1.82, 2.24) is 9.97 Å². The first-order chi connectivity index (χ1) is 15.6. The molecule has 0 atom stereocenters. The number of nitro groups is 1. The van der Waals surface area contributed by atoms with Crippen LogP contribution < -0.4 is 19.5 Å². The summed E-state index contributed by atoms with van der Waals surface area (Å²) in [6, 6.07) is 9.84. The molecule has 2 N–H and O–H groups in total. The summed E-state index contributed by atoms with van der Waals surface area (Å²) in [6.45, 7) is 0. The predicted molar refractivity (Wildman–Crippen MR) is 118 cm³/mol. The number of hydrogen-bond donors (Lipinski definition) is 2. The van der Waals surface area contributed by atoms with Crippen molar-refractivity contribution in [3.8, 4) is 11.9 Å². The number of nitro benzene ring substituents is 1. The Kier molecular flexibility index (Phi) is 6.94. The van der Waals surface area contributed by atoms with Gasteiger partial charge >= 0.3 is 6.01 Å². The molecular formula is C19H16ClN5O7S. The molecule has 0 saturated carbocycles. The van der Waals surface area contributed by atoms with Crippen molar-refractivity contribution in [3.63, 3.8) is 0 Å². The fourth-order valence-corrected chi connectivity index (χ4v) is 3.76. The molecule has 0 unspecified atom stereocenters. The summed E-state index contributed by atoms with van der Waals surface area (Å²) in [5.74, 6) is -0.675. The Balaban J connectivity index is 1.78. The lowest BCUT2D eigenvalue weighted by atomic mass is 10.2. The number of nitrogens with zero attached hydrogens (tertiary/aromatic N) is 3. The predicted octanol–water partition coefficient (Wildman–Crippen LogP) is 3.11. The smallest absolute Gasteiger partial charge is 0.321 e. The first-order valence-electron chi connectivity index (χ1n) is 8.98. The Hall–Kier alpha value is -3.97. The van der Waals surface area contributed by atoms with Crippen LogP contribution in [0.5, 0.6) is 11.9 Å². The van der Waals surface area contributed by atoms with E-state index in [1.807, 2.05) is 0 Å². The normalized spacial score (nSPS) is 10.9. The maximum absolute atomic E-state index is 12.7. The second kappa shape index (κ2) is 9.67. The first kappa shape index (κ1) is 23.7. The lowest BCUT2D eigenvalue weighted by molar-refractivity contribution is -0.384. The molecule has 172 valence electrons. The summed E-state index contributed by atoms with van der Waals surface area (Å²) < 4.78 is 37.5. The molecule has 0 aliphatic carbocycles. The van der Waals surface area contributed by atoms with Gasteiger partial charge in [-0.05, 0) is 30.3 Å². The number of carbonyl (C=O) groups is 1. The third-order valence-corrected chi connectivity index (χ3v) is 5.84. The van der Waals surface area contributed by atoms with E-state index in [2.05, 4.69) is 20.0 Å². The van der Waals surface area contributed by atoms with Gasteiger partial charge in [0, 0.05) is 23.9 Å². The SMILES string of the molecule is COc1cc(NS(=O)(=O)c2ccc(NC(=O)c3cc([N+](=O)[O-])ccc3Cl)cc2)nc(OC)n1. The Morgan fingerprint density at radius 3 is 2.36 bits per heavy atom. The van der Waals surface area contributed by atoms with E-state index in [0.717, 1.165) is 6.07 Å². The molecule has 0 saturated heterocycles. The Morgan fingerprint density at radius 1 is 1.06 bits per heavy atom. The van der Waals surface area contributed by atoms with E-state index in [9.17, 15) is 23.3 Å². The van der Waals surface area contributed by atoms with E-state index in [0.29, 0.717) is 0 Å². The lowest BCUT2D eigenvalue weighted by Gasteiger charge is -2.11. The summed E-state index contributed by atoms with van der Waals surface area (Å²) in [5.41, 5.74) is -0.155. The van der Waals surface area contributed by atoms with Gasteiger partial charge in [-0.25, -0.2) is 8.42 Å². The van der Waals surface area contributed by atoms with E-state index in [1.165, 1.54) is 56.7 Å². The molecule has 12 nitrogen and oxygen atoms in total. The molecule has 3 rings (SSSR count). The maximum atomic E-state index is 12.7. The largest absolute Gasteiger partial charge is 0.481 e. The van der Waals surface area contributed by atoms with E-state index in [1.54, 1.807) is 0 Å². The Bertz CT molecular complexity index is 1290. The van der Waals surface area contributed by atoms with Crippen LogP contribution in [-0.2, 0) is 10.0 Å². The second-order valence-corrected chi connectivity index (χ2v) is 8.38. The van der Waals surface area contributed by atoms with Crippen molar-refractivity contribution >= 4 is 44.7 Å². The number of methoxy groups -OCH3 is 2. The summed E-state index contributed by atoms with van der Waals surface area (Å²) in [6.07, 6.45) is 0. The van der Waals surface area contributed by atoms with Crippen LogP contribution in [0, 0.1) is 10.1 Å². The van der Waals surface area contributed by atoms with Crippen molar-refractivity contribution in [2.45, 2.75) is 4.90 Å². The van der Waals surface area contributed by atoms with Gasteiger partial charge in [0.25, 0.3) is 21.6 Å². The summed E-state index contributed by atoms with van der Waals surface area (Å²) in [5, 5.41) is 13.5. The highest BCUT2D eigenvalue weighted by atomic mass is 35.5. The number of non-ortho nitro benzene ring substituents is 1. The van der Waals surface area contributed by atoms with E-state index < -0.39 is 20.9 Å². The molecule has 1 amide bonds. The highest BCUT2D eigenvalue weighted by Crippen LogP contribution is 2.24. The highest BCUT2D eigenvalue weighted by Gasteiger charge is 2.19. The number of nitrogens with one attached hydrogen (secondary N) is 2. The van der Waals surface area contributed by atoms with Crippen LogP contribution in [0.3, 0.4) is 0 Å². The minimum absolute atomic E-state index is 0.0252. The topological polar surface area (TPSA) is 163 Å². The monoisotopic (exact) mass is 493 g/mol. The molecule has 1 aromatic heterocycles. The van der Waals surface area contributed by atoms with Gasteiger partial charge in [0.1, 0.15) is 0 Å². The number of ether oxygens (including phenoxy) is 2. The molecule has 0 fully saturated rings. The highest BCUT2D eigenvalue weighted by molar-refractivity contribution is 7.92. The van der Waals surface area contributed by atoms with E-state index in [4.69, 9.17) is 21.1 Å². The van der Waals surface area contributed by atoms with Gasteiger partial charge in [-0.1, -0.05) is 11.6 Å². The third-order valence-electron chi connectivity index (χ3n) is 4.14. The molecule has 0 bridgehead atoms. The lowest BCUT2D eigenvalue weighted by Crippen LogP contribution is -2.15. The zero-order valence-corrected chi connectivity index (χ0v) is 18.7. The van der Waals surface area contributed by atoms with Crippen LogP contribution in [0.1, 0.15) is 10.4 Å². The summed E-state index contributed by atoms with van der Waals surface area (Å²) >= 11 is 5.97. The van der Waals surface area contributed by atoms with Crippen LogP contribution >= 0.6 is 11.6 Å². The molecular weight excluding hydrogens is 478 g/mol. The third kappa shape index (κ3) is 5.64. The van der Waals surface area contributed by atoms with Gasteiger partial charge in [-0.15, -0.1) is 0 Å². The fraction of sp³-hybridized carbons (Fsp3) is 0.105. The maximum Gasteiger partial charge on any atom is 0.321 e. The van der Waals surface area contributed by atoms with Crippen molar-refractivity contribution in [2.75, 3.05) is 24.3 Å². The van der Waals surface area contributed by atoms with Gasteiger partial charge in [-0.2, -0.15) is 9.97 Å². The molecule has 2 aromatic carbocycles. The standard InChI is InChI=1S/C19H16ClN5O7S/c1-31-17-10-16(22-19(23-17)32-2)24-33(29,30)13-6-3-11(4-7-13)21-18(26)14-9-12(25(27)28)5-8-15(14)20/h3-10H,1-2H3,(H,21,26)(H,22,23,24). The van der Waals surface area contributed by atoms with E-state index >= 15 is 0 Å². The number of hydrogen-bond acceptors (Lipinski definition) is 9. The zero-order valence-electron chi connectivity index (χ0n) is 17.1. The molecule has 0 aliphatic rings. The number of aromatic nitrogens is 2. The van der Waals surface area contributed by atoms with E-state index in [-0.39, 0.29) is 44.6 Å². The number of anilines is 2. The molecule has 14 heteroatoms. The second-order valence-electron chi connectivity index (χ2n) is 6.29. The number of benzene rings is 2. The van der Waals surface area contributed by atoms with Gasteiger partial charge in [-0.3, -0.25) is 19.6 Å². The van der Waals surface area contributed by atoms with Crippen molar-refractivity contribution in [2.24, 2.45) is 0 Å².